The van der Waals surface area contributed by atoms with Gasteiger partial charge in [0.15, 0.2) is 0 Å². The van der Waals surface area contributed by atoms with E-state index in [2.05, 4.69) is 198 Å². The van der Waals surface area contributed by atoms with Gasteiger partial charge >= 0.3 is 19.5 Å². The van der Waals surface area contributed by atoms with Crippen molar-refractivity contribution in [2.45, 2.75) is 27.7 Å². The fourth-order valence-electron chi connectivity index (χ4n) is 9.74. The number of fused-ring (bicyclic) bond motifs is 20. The van der Waals surface area contributed by atoms with E-state index in [4.69, 9.17) is 39.9 Å². The van der Waals surface area contributed by atoms with Crippen LogP contribution in [0, 0.1) is 27.7 Å². The molecular formula is C60H40N8Zn. The van der Waals surface area contributed by atoms with E-state index in [1.165, 1.54) is 22.3 Å². The molecule has 0 unspecified atom stereocenters. The summed E-state index contributed by atoms with van der Waals surface area (Å²) in [6, 6.07) is 59.3. The Kier molecular flexibility index (Phi) is 10.1. The van der Waals surface area contributed by atoms with Gasteiger partial charge in [0.2, 0.25) is 0 Å². The van der Waals surface area contributed by atoms with Gasteiger partial charge in [-0.1, -0.05) is 192 Å². The molecule has 8 bridgehead atoms. The van der Waals surface area contributed by atoms with Crippen molar-refractivity contribution < 1.29 is 19.5 Å². The van der Waals surface area contributed by atoms with Crippen molar-refractivity contribution in [3.63, 3.8) is 0 Å². The Morgan fingerprint density at radius 1 is 0.275 bits per heavy atom. The van der Waals surface area contributed by atoms with Gasteiger partial charge in [-0.2, -0.15) is 0 Å². The zero-order chi connectivity index (χ0) is 45.6. The number of rotatable bonds is 4. The third-order valence-electron chi connectivity index (χ3n) is 13.3. The molecule has 322 valence electrons. The van der Waals surface area contributed by atoms with E-state index in [0.29, 0.717) is 45.9 Å². The number of nitrogens with zero attached hydrogens (tertiary/aromatic N) is 8. The monoisotopic (exact) mass is 936 g/mol. The second-order valence-electron chi connectivity index (χ2n) is 17.9. The molecule has 2 aliphatic rings. The number of hydrogen-bond donors (Lipinski definition) is 0. The van der Waals surface area contributed by atoms with Gasteiger partial charge in [0.25, 0.3) is 0 Å². The minimum Gasteiger partial charge on any atom is -0.357 e. The SMILES string of the molecule is Cc1ccc(-c2cccc3c2-c2nc-3nc3[n-]c(nc4nc(nc5[n-]c(n2)c2cccc(-c6ccc(C)cc6)c52)-c2cccc(-c5ccc(C)cc5)c2-4)c2cccc(-c4ccc(C)cc4)c32)cc1.[Zn+2]. The summed E-state index contributed by atoms with van der Waals surface area (Å²) in [5.41, 5.74) is 18.4. The van der Waals surface area contributed by atoms with Crippen LogP contribution in [0.3, 0.4) is 0 Å². The van der Waals surface area contributed by atoms with Gasteiger partial charge in [0, 0.05) is 55.6 Å². The first kappa shape index (κ1) is 42.1. The molecule has 11 aromatic rings. The van der Waals surface area contributed by atoms with E-state index in [0.717, 1.165) is 88.3 Å². The Hall–Kier alpha value is -8.26. The molecule has 0 saturated carbocycles. The van der Waals surface area contributed by atoms with Crippen LogP contribution < -0.4 is 9.97 Å². The van der Waals surface area contributed by atoms with Crippen LogP contribution in [0.4, 0.5) is 0 Å². The smallest absolute Gasteiger partial charge is 0.357 e. The van der Waals surface area contributed by atoms with Crippen LogP contribution in [-0.2, 0) is 19.5 Å². The average Bonchev–Trinajstić information content (AvgIpc) is 4.11. The first-order chi connectivity index (χ1) is 33.3. The second kappa shape index (κ2) is 16.5. The van der Waals surface area contributed by atoms with Crippen molar-refractivity contribution >= 4 is 44.1 Å². The van der Waals surface area contributed by atoms with Crippen LogP contribution >= 0.6 is 0 Å². The quantitative estimate of drug-likeness (QED) is 0.161. The second-order valence-corrected chi connectivity index (χ2v) is 17.9. The van der Waals surface area contributed by atoms with E-state index in [1.807, 2.05) is 0 Å². The molecule has 8 aromatic carbocycles. The summed E-state index contributed by atoms with van der Waals surface area (Å²) < 4.78 is 0. The van der Waals surface area contributed by atoms with Gasteiger partial charge in [-0.25, -0.2) is 9.97 Å². The molecule has 69 heavy (non-hydrogen) atoms. The van der Waals surface area contributed by atoms with Crippen LogP contribution in [-0.4, -0.2) is 29.9 Å². The fourth-order valence-corrected chi connectivity index (χ4v) is 9.74. The molecule has 0 atom stereocenters. The summed E-state index contributed by atoms with van der Waals surface area (Å²) >= 11 is 0. The third kappa shape index (κ3) is 7.08. The van der Waals surface area contributed by atoms with Crippen molar-refractivity contribution in [2.24, 2.45) is 0 Å². The van der Waals surface area contributed by atoms with Gasteiger partial charge in [-0.05, 0) is 83.0 Å². The molecule has 0 spiro atoms. The summed E-state index contributed by atoms with van der Waals surface area (Å²) in [5.74, 6) is 2.03. The molecule has 0 N–H and O–H groups in total. The van der Waals surface area contributed by atoms with Crippen molar-refractivity contribution in [1.29, 1.82) is 0 Å². The summed E-state index contributed by atoms with van der Waals surface area (Å²) in [7, 11) is 0. The maximum absolute atomic E-state index is 5.44. The number of aromatic nitrogens is 8. The number of hydrogen-bond acceptors (Lipinski definition) is 6. The zero-order valence-corrected chi connectivity index (χ0v) is 41.4. The van der Waals surface area contributed by atoms with Crippen LogP contribution in [0.25, 0.3) is 134 Å². The molecule has 0 amide bonds. The largest absolute Gasteiger partial charge is 2.00 e. The fraction of sp³-hybridized carbons (Fsp3) is 0.0667. The molecule has 8 nitrogen and oxygen atoms in total. The summed E-state index contributed by atoms with van der Waals surface area (Å²) in [6.45, 7) is 8.40. The van der Waals surface area contributed by atoms with E-state index < -0.39 is 0 Å². The predicted molar refractivity (Wildman–Crippen MR) is 275 cm³/mol. The van der Waals surface area contributed by atoms with Crippen molar-refractivity contribution in [2.75, 3.05) is 0 Å². The molecule has 5 heterocycles. The van der Waals surface area contributed by atoms with Crippen LogP contribution in [0.2, 0.25) is 0 Å². The van der Waals surface area contributed by atoms with E-state index in [-0.39, 0.29) is 19.5 Å². The maximum Gasteiger partial charge on any atom is 2.00 e. The summed E-state index contributed by atoms with van der Waals surface area (Å²) in [6.07, 6.45) is 0. The van der Waals surface area contributed by atoms with Crippen LogP contribution in [0.5, 0.6) is 0 Å². The average molecular weight is 938 g/mol. The molecule has 3 aromatic heterocycles. The van der Waals surface area contributed by atoms with Crippen molar-refractivity contribution in [3.8, 4) is 90.1 Å². The number of aryl methyl sites for hydroxylation is 4. The van der Waals surface area contributed by atoms with Gasteiger partial charge in [-0.3, -0.25) is 0 Å². The molecule has 0 fully saturated rings. The Balaban J connectivity index is 0.00000492. The Morgan fingerprint density at radius 3 is 0.928 bits per heavy atom. The van der Waals surface area contributed by atoms with Gasteiger partial charge < -0.3 is 29.9 Å². The summed E-state index contributed by atoms with van der Waals surface area (Å²) in [4.78, 5) is 43.1. The Labute approximate surface area is 411 Å². The van der Waals surface area contributed by atoms with E-state index in [1.54, 1.807) is 0 Å². The number of benzene rings is 8. The normalized spacial score (nSPS) is 11.7. The standard InChI is InChI=1S/C60H40N8.Zn/c1-33-17-25-37(26-18-33)41-9-5-13-45-49(41)57-61-53(45)66-58-51-43(39-29-21-35(3)22-30-39)11-7-15-47(51)55(63-58)68-60-52-44(40-31-23-36(4)24-32-40)12-8-16-48(52)56(64-60)67-59-50-42(38-27-19-34(2)20-28-38)10-6-14-46(50)54(62-59)65-57;/h5-32H,1-4H3;/q-2;+2. The predicted octanol–water partition coefficient (Wildman–Crippen LogP) is 14.0. The maximum atomic E-state index is 5.44. The molecule has 13 rings (SSSR count). The van der Waals surface area contributed by atoms with Gasteiger partial charge in [0.1, 0.15) is 0 Å². The van der Waals surface area contributed by atoms with Gasteiger partial charge in [0.05, 0.1) is 23.3 Å². The zero-order valence-electron chi connectivity index (χ0n) is 38.5. The molecule has 0 saturated heterocycles. The molecule has 0 aliphatic carbocycles. The molecule has 9 heteroatoms. The third-order valence-corrected chi connectivity index (χ3v) is 13.3. The first-order valence-electron chi connectivity index (χ1n) is 22.8. The topological polar surface area (TPSA) is 106 Å². The van der Waals surface area contributed by atoms with E-state index >= 15 is 0 Å². The van der Waals surface area contributed by atoms with Crippen molar-refractivity contribution in [3.05, 3.63) is 192 Å². The molecular weight excluding hydrogens is 898 g/mol. The first-order valence-corrected chi connectivity index (χ1v) is 22.8. The summed E-state index contributed by atoms with van der Waals surface area (Å²) in [5, 5.41) is 3.45. The van der Waals surface area contributed by atoms with Gasteiger partial charge in [-0.15, -0.1) is 0 Å². The Bertz CT molecular complexity index is 3770. The van der Waals surface area contributed by atoms with Crippen molar-refractivity contribution in [1.82, 2.24) is 39.9 Å². The van der Waals surface area contributed by atoms with Crippen LogP contribution in [0.1, 0.15) is 22.3 Å². The molecule has 0 radical (unpaired) electrons. The minimum atomic E-state index is 0. The molecule has 2 aliphatic heterocycles. The minimum absolute atomic E-state index is 0. The van der Waals surface area contributed by atoms with Crippen LogP contribution in [0.15, 0.2) is 170 Å². The Morgan fingerprint density at radius 2 is 0.565 bits per heavy atom. The van der Waals surface area contributed by atoms with E-state index in [9.17, 15) is 0 Å².